The summed E-state index contributed by atoms with van der Waals surface area (Å²) >= 11 is 0. The molecule has 0 radical (unpaired) electrons. The smallest absolute Gasteiger partial charge is 0.320 e. The van der Waals surface area contributed by atoms with Gasteiger partial charge >= 0.3 is 5.56 Å². The number of carbonyl (C=O) groups is 1. The second-order valence-electron chi connectivity index (χ2n) is 6.18. The minimum Gasteiger partial charge on any atom is -0.378 e. The maximum atomic E-state index is 13.6. The summed E-state index contributed by atoms with van der Waals surface area (Å²) < 4.78 is 13.6. The summed E-state index contributed by atoms with van der Waals surface area (Å²) in [7, 11) is 3.87. The van der Waals surface area contributed by atoms with Crippen LogP contribution in [0.4, 0.5) is 10.1 Å². The Bertz CT molecular complexity index is 1050. The molecule has 9 heteroatoms. The Hall–Kier alpha value is -3.75. The van der Waals surface area contributed by atoms with Crippen molar-refractivity contribution in [3.63, 3.8) is 0 Å². The first-order valence-corrected chi connectivity index (χ1v) is 8.46. The minimum atomic E-state index is -0.714. The molecule has 0 aliphatic carbocycles. The molecule has 0 spiro atoms. The number of rotatable bonds is 6. The van der Waals surface area contributed by atoms with Crippen molar-refractivity contribution in [1.29, 1.82) is 0 Å². The average molecular weight is 382 g/mol. The van der Waals surface area contributed by atoms with Crippen LogP contribution in [-0.4, -0.2) is 41.3 Å². The van der Waals surface area contributed by atoms with Gasteiger partial charge in [-0.05, 0) is 23.8 Å². The normalized spacial score (nSPS) is 11.0. The Kier molecular flexibility index (Phi) is 5.64. The molecule has 3 aromatic rings. The summed E-state index contributed by atoms with van der Waals surface area (Å²) in [5, 5.41) is 12.5. The molecule has 1 heterocycles. The number of nitrogens with zero attached hydrogens (tertiary/aromatic N) is 4. The maximum absolute atomic E-state index is 13.6. The quantitative estimate of drug-likeness (QED) is 0.633. The van der Waals surface area contributed by atoms with Crippen molar-refractivity contribution in [2.75, 3.05) is 19.0 Å². The van der Waals surface area contributed by atoms with E-state index in [1.807, 2.05) is 43.3 Å². The first kappa shape index (κ1) is 19.0. The van der Waals surface area contributed by atoms with Gasteiger partial charge in [0.15, 0.2) is 0 Å². The van der Waals surface area contributed by atoms with E-state index in [-0.39, 0.29) is 12.2 Å². The summed E-state index contributed by atoms with van der Waals surface area (Å²) in [4.78, 5) is 27.2. The van der Waals surface area contributed by atoms with Gasteiger partial charge in [-0.3, -0.25) is 9.59 Å². The molecule has 144 valence electrons. The Morgan fingerprint density at radius 1 is 1.25 bits per heavy atom. The Morgan fingerprint density at radius 3 is 2.64 bits per heavy atom. The number of aromatic nitrogens is 3. The van der Waals surface area contributed by atoms with Crippen LogP contribution in [0, 0.1) is 5.82 Å². The van der Waals surface area contributed by atoms with E-state index in [1.54, 1.807) is 18.2 Å². The summed E-state index contributed by atoms with van der Waals surface area (Å²) in [6, 6.07) is 13.6. The lowest BCUT2D eigenvalue weighted by Crippen LogP contribution is -2.29. The summed E-state index contributed by atoms with van der Waals surface area (Å²) in [6.07, 6.45) is 1.47. The van der Waals surface area contributed by atoms with Crippen LogP contribution >= 0.6 is 0 Å². The SMILES string of the molecule is CN(C)c1ccc(C=Nn2[nH]nc(C(=O)NCc3ccccc3F)c2=O)cc1. The van der Waals surface area contributed by atoms with E-state index in [0.29, 0.717) is 5.56 Å². The zero-order chi connectivity index (χ0) is 20.1. The molecule has 1 aromatic heterocycles. The van der Waals surface area contributed by atoms with Gasteiger partial charge in [0.05, 0.1) is 6.21 Å². The predicted molar refractivity (Wildman–Crippen MR) is 104 cm³/mol. The zero-order valence-electron chi connectivity index (χ0n) is 15.4. The van der Waals surface area contributed by atoms with Crippen molar-refractivity contribution in [3.05, 3.63) is 81.5 Å². The second kappa shape index (κ2) is 8.30. The van der Waals surface area contributed by atoms with Gasteiger partial charge in [-0.1, -0.05) is 30.3 Å². The van der Waals surface area contributed by atoms with Crippen LogP contribution in [0.2, 0.25) is 0 Å². The number of halogens is 1. The number of carbonyl (C=O) groups excluding carboxylic acids is 1. The standard InChI is InChI=1S/C19H19FN6O2/c1-25(2)15-9-7-13(8-10-15)11-22-26-19(28)17(23-24-26)18(27)21-12-14-5-3-4-6-16(14)20/h3-11,24H,12H2,1-2H3,(H,21,27). The third kappa shape index (κ3) is 4.32. The van der Waals surface area contributed by atoms with E-state index in [4.69, 9.17) is 0 Å². The Morgan fingerprint density at radius 2 is 1.96 bits per heavy atom. The molecule has 2 aromatic carbocycles. The molecular formula is C19H19FN6O2. The zero-order valence-corrected chi connectivity index (χ0v) is 15.4. The number of amides is 1. The largest absolute Gasteiger partial charge is 0.378 e. The van der Waals surface area contributed by atoms with E-state index in [2.05, 4.69) is 20.7 Å². The molecule has 3 rings (SSSR count). The molecular weight excluding hydrogens is 363 g/mol. The first-order chi connectivity index (χ1) is 13.5. The van der Waals surface area contributed by atoms with Gasteiger partial charge in [0, 0.05) is 31.9 Å². The van der Waals surface area contributed by atoms with Crippen LogP contribution in [0.3, 0.4) is 0 Å². The van der Waals surface area contributed by atoms with Gasteiger partial charge in [0.2, 0.25) is 5.69 Å². The first-order valence-electron chi connectivity index (χ1n) is 8.46. The van der Waals surface area contributed by atoms with Crippen molar-refractivity contribution in [1.82, 2.24) is 20.4 Å². The van der Waals surface area contributed by atoms with E-state index < -0.39 is 17.3 Å². The van der Waals surface area contributed by atoms with Crippen LogP contribution in [-0.2, 0) is 6.54 Å². The van der Waals surface area contributed by atoms with E-state index in [0.717, 1.165) is 16.0 Å². The number of aromatic amines is 1. The molecule has 0 unspecified atom stereocenters. The lowest BCUT2D eigenvalue weighted by Gasteiger charge is -2.11. The third-order valence-corrected chi connectivity index (χ3v) is 4.00. The van der Waals surface area contributed by atoms with Crippen LogP contribution in [0.1, 0.15) is 21.6 Å². The Balaban J connectivity index is 1.68. The summed E-state index contributed by atoms with van der Waals surface area (Å²) in [6.45, 7) is -0.0563. The topological polar surface area (TPSA) is 95.4 Å². The fourth-order valence-electron chi connectivity index (χ4n) is 2.40. The van der Waals surface area contributed by atoms with Crippen LogP contribution in [0.25, 0.3) is 0 Å². The fraction of sp³-hybridized carbons (Fsp3) is 0.158. The van der Waals surface area contributed by atoms with Crippen molar-refractivity contribution in [2.24, 2.45) is 5.10 Å². The number of benzene rings is 2. The minimum absolute atomic E-state index is 0.0563. The number of hydrogen-bond acceptors (Lipinski definition) is 5. The molecule has 0 aliphatic rings. The number of H-pyrrole nitrogens is 1. The predicted octanol–water partition coefficient (Wildman–Crippen LogP) is 1.59. The number of anilines is 1. The van der Waals surface area contributed by atoms with Gasteiger partial charge in [-0.15, -0.1) is 9.89 Å². The number of hydrogen-bond donors (Lipinski definition) is 2. The van der Waals surface area contributed by atoms with Crippen LogP contribution in [0.5, 0.6) is 0 Å². The van der Waals surface area contributed by atoms with Gasteiger partial charge in [-0.25, -0.2) is 4.39 Å². The molecule has 2 N–H and O–H groups in total. The maximum Gasteiger partial charge on any atom is 0.320 e. The molecule has 1 amide bonds. The summed E-state index contributed by atoms with van der Waals surface area (Å²) in [5.41, 5.74) is 1.07. The molecule has 0 bridgehead atoms. The van der Waals surface area contributed by atoms with Gasteiger partial charge < -0.3 is 10.2 Å². The molecule has 0 saturated carbocycles. The average Bonchev–Trinajstić information content (AvgIpc) is 3.06. The highest BCUT2D eigenvalue weighted by atomic mass is 19.1. The highest BCUT2D eigenvalue weighted by Crippen LogP contribution is 2.11. The molecule has 0 fully saturated rings. The van der Waals surface area contributed by atoms with Gasteiger partial charge in [0.1, 0.15) is 5.82 Å². The fourth-order valence-corrected chi connectivity index (χ4v) is 2.40. The molecule has 0 atom stereocenters. The molecule has 8 nitrogen and oxygen atoms in total. The van der Waals surface area contributed by atoms with E-state index in [1.165, 1.54) is 12.3 Å². The van der Waals surface area contributed by atoms with E-state index in [9.17, 15) is 14.0 Å². The van der Waals surface area contributed by atoms with Crippen molar-refractivity contribution >= 4 is 17.8 Å². The molecule has 0 saturated heterocycles. The number of nitrogens with one attached hydrogen (secondary N) is 2. The van der Waals surface area contributed by atoms with Crippen LogP contribution < -0.4 is 15.8 Å². The van der Waals surface area contributed by atoms with E-state index >= 15 is 0 Å². The lowest BCUT2D eigenvalue weighted by molar-refractivity contribution is 0.0944. The molecule has 0 aliphatic heterocycles. The highest BCUT2D eigenvalue weighted by molar-refractivity contribution is 5.91. The van der Waals surface area contributed by atoms with Gasteiger partial charge in [0.25, 0.3) is 5.91 Å². The molecule has 28 heavy (non-hydrogen) atoms. The van der Waals surface area contributed by atoms with Crippen LogP contribution in [0.15, 0.2) is 58.4 Å². The second-order valence-corrected chi connectivity index (χ2v) is 6.18. The monoisotopic (exact) mass is 382 g/mol. The van der Waals surface area contributed by atoms with Crippen molar-refractivity contribution < 1.29 is 9.18 Å². The van der Waals surface area contributed by atoms with Crippen molar-refractivity contribution in [3.8, 4) is 0 Å². The van der Waals surface area contributed by atoms with Crippen molar-refractivity contribution in [2.45, 2.75) is 6.54 Å². The highest BCUT2D eigenvalue weighted by Gasteiger charge is 2.16. The van der Waals surface area contributed by atoms with Gasteiger partial charge in [-0.2, -0.15) is 10.3 Å². The Labute approximate surface area is 160 Å². The lowest BCUT2D eigenvalue weighted by atomic mass is 10.2. The summed E-state index contributed by atoms with van der Waals surface area (Å²) in [5.74, 6) is -1.15. The third-order valence-electron chi connectivity index (χ3n) is 4.00.